The van der Waals surface area contributed by atoms with E-state index < -0.39 is 0 Å². The highest BCUT2D eigenvalue weighted by Crippen LogP contribution is 2.15. The van der Waals surface area contributed by atoms with Gasteiger partial charge >= 0.3 is 0 Å². The van der Waals surface area contributed by atoms with Crippen LogP contribution in [0.2, 0.25) is 0 Å². The number of benzene rings is 1. The number of hydrogen-bond donors (Lipinski definition) is 2. The molecule has 3 heteroatoms. The van der Waals surface area contributed by atoms with Gasteiger partial charge < -0.3 is 10.3 Å². The molecular weight excluding hydrogens is 224 g/mol. The molecule has 0 radical (unpaired) electrons. The Balaban J connectivity index is 1.87. The van der Waals surface area contributed by atoms with E-state index >= 15 is 0 Å². The number of aromatic amines is 1. The van der Waals surface area contributed by atoms with Crippen LogP contribution in [-0.2, 0) is 11.2 Å². The van der Waals surface area contributed by atoms with Crippen LogP contribution in [0.5, 0.6) is 0 Å². The fourth-order valence-corrected chi connectivity index (χ4v) is 1.92. The van der Waals surface area contributed by atoms with Crippen LogP contribution >= 0.6 is 0 Å². The number of fused-ring (bicyclic) bond motifs is 1. The number of H-pyrrole nitrogens is 1. The van der Waals surface area contributed by atoms with Crippen molar-refractivity contribution in [3.8, 4) is 0 Å². The molecule has 2 N–H and O–H groups in total. The van der Waals surface area contributed by atoms with Crippen LogP contribution in [0, 0.1) is 5.92 Å². The van der Waals surface area contributed by atoms with Crippen molar-refractivity contribution in [1.82, 2.24) is 10.3 Å². The quantitative estimate of drug-likeness (QED) is 0.834. The molecule has 1 aromatic carbocycles. The molecule has 2 aromatic rings. The van der Waals surface area contributed by atoms with Gasteiger partial charge in [0.1, 0.15) is 0 Å². The lowest BCUT2D eigenvalue weighted by Crippen LogP contribution is -2.27. The first-order valence-corrected chi connectivity index (χ1v) is 6.48. The third-order valence-corrected chi connectivity index (χ3v) is 2.97. The standard InChI is InChI=1S/C15H20N2O/c1-11(2)10-17-15(18)6-4-12-3-5-14-13(9-12)7-8-16-14/h3,5,7-9,11,16H,4,6,10H2,1-2H3,(H,17,18). The van der Waals surface area contributed by atoms with Crippen molar-refractivity contribution in [2.45, 2.75) is 26.7 Å². The second-order valence-electron chi connectivity index (χ2n) is 5.10. The average Bonchev–Trinajstić information content (AvgIpc) is 2.81. The highest BCUT2D eigenvalue weighted by atomic mass is 16.1. The number of aryl methyl sites for hydroxylation is 1. The fraction of sp³-hybridized carbons (Fsp3) is 0.400. The first-order chi connectivity index (χ1) is 8.65. The minimum Gasteiger partial charge on any atom is -0.361 e. The maximum Gasteiger partial charge on any atom is 0.220 e. The van der Waals surface area contributed by atoms with E-state index in [2.05, 4.69) is 48.4 Å². The van der Waals surface area contributed by atoms with E-state index in [9.17, 15) is 4.79 Å². The second kappa shape index (κ2) is 5.71. The van der Waals surface area contributed by atoms with Gasteiger partial charge in [-0.1, -0.05) is 19.9 Å². The normalized spacial score (nSPS) is 11.1. The lowest BCUT2D eigenvalue weighted by Gasteiger charge is -2.07. The minimum absolute atomic E-state index is 0.137. The van der Waals surface area contributed by atoms with Crippen LogP contribution in [0.1, 0.15) is 25.8 Å². The molecule has 1 aromatic heterocycles. The average molecular weight is 244 g/mol. The van der Waals surface area contributed by atoms with Crippen molar-refractivity contribution in [2.24, 2.45) is 5.92 Å². The minimum atomic E-state index is 0.137. The lowest BCUT2D eigenvalue weighted by molar-refractivity contribution is -0.121. The van der Waals surface area contributed by atoms with E-state index in [1.807, 2.05) is 6.20 Å². The molecule has 0 spiro atoms. The first kappa shape index (κ1) is 12.7. The summed E-state index contributed by atoms with van der Waals surface area (Å²) in [5.41, 5.74) is 2.35. The molecule has 0 aliphatic heterocycles. The Morgan fingerprint density at radius 1 is 1.33 bits per heavy atom. The van der Waals surface area contributed by atoms with Crippen molar-refractivity contribution < 1.29 is 4.79 Å². The van der Waals surface area contributed by atoms with E-state index in [0.29, 0.717) is 12.3 Å². The zero-order valence-corrected chi connectivity index (χ0v) is 11.0. The smallest absolute Gasteiger partial charge is 0.220 e. The van der Waals surface area contributed by atoms with Crippen molar-refractivity contribution >= 4 is 16.8 Å². The van der Waals surface area contributed by atoms with Gasteiger partial charge in [-0.25, -0.2) is 0 Å². The molecule has 1 amide bonds. The highest BCUT2D eigenvalue weighted by molar-refractivity contribution is 5.80. The molecule has 3 nitrogen and oxygen atoms in total. The second-order valence-corrected chi connectivity index (χ2v) is 5.10. The molecule has 2 rings (SSSR count). The number of nitrogens with one attached hydrogen (secondary N) is 2. The van der Waals surface area contributed by atoms with Gasteiger partial charge in [-0.3, -0.25) is 4.79 Å². The number of carbonyl (C=O) groups is 1. The largest absolute Gasteiger partial charge is 0.361 e. The van der Waals surface area contributed by atoms with Crippen molar-refractivity contribution in [1.29, 1.82) is 0 Å². The SMILES string of the molecule is CC(C)CNC(=O)CCc1ccc2[nH]ccc2c1. The van der Waals surface area contributed by atoms with Gasteiger partial charge in [0.25, 0.3) is 0 Å². The summed E-state index contributed by atoms with van der Waals surface area (Å²) in [6.45, 7) is 4.95. The van der Waals surface area contributed by atoms with E-state index in [4.69, 9.17) is 0 Å². The van der Waals surface area contributed by atoms with E-state index in [1.54, 1.807) is 0 Å². The molecule has 0 unspecified atom stereocenters. The Labute approximate surface area is 108 Å². The highest BCUT2D eigenvalue weighted by Gasteiger charge is 2.04. The zero-order valence-electron chi connectivity index (χ0n) is 11.0. The molecule has 96 valence electrons. The van der Waals surface area contributed by atoms with Crippen molar-refractivity contribution in [3.05, 3.63) is 36.0 Å². The molecule has 0 fully saturated rings. The van der Waals surface area contributed by atoms with E-state index in [0.717, 1.165) is 18.5 Å². The molecular formula is C15H20N2O. The van der Waals surface area contributed by atoms with Crippen molar-refractivity contribution in [3.63, 3.8) is 0 Å². The number of rotatable bonds is 5. The Morgan fingerprint density at radius 2 is 2.17 bits per heavy atom. The fourth-order valence-electron chi connectivity index (χ4n) is 1.92. The van der Waals surface area contributed by atoms with Gasteiger partial charge in [-0.15, -0.1) is 0 Å². The third-order valence-electron chi connectivity index (χ3n) is 2.97. The van der Waals surface area contributed by atoms with Crippen LogP contribution in [0.3, 0.4) is 0 Å². The number of hydrogen-bond acceptors (Lipinski definition) is 1. The molecule has 0 saturated heterocycles. The predicted octanol–water partition coefficient (Wildman–Crippen LogP) is 2.87. The summed E-state index contributed by atoms with van der Waals surface area (Å²) in [4.78, 5) is 14.8. The summed E-state index contributed by atoms with van der Waals surface area (Å²) in [5.74, 6) is 0.642. The Morgan fingerprint density at radius 3 is 2.94 bits per heavy atom. The third kappa shape index (κ3) is 3.36. The summed E-state index contributed by atoms with van der Waals surface area (Å²) in [7, 11) is 0. The van der Waals surface area contributed by atoms with Gasteiger partial charge in [0, 0.05) is 24.7 Å². The van der Waals surface area contributed by atoms with E-state index in [-0.39, 0.29) is 5.91 Å². The van der Waals surface area contributed by atoms with Gasteiger partial charge in [-0.05, 0) is 41.5 Å². The summed E-state index contributed by atoms with van der Waals surface area (Å²) in [6.07, 6.45) is 3.29. The van der Waals surface area contributed by atoms with Crippen LogP contribution in [0.25, 0.3) is 10.9 Å². The van der Waals surface area contributed by atoms with Crippen molar-refractivity contribution in [2.75, 3.05) is 6.54 Å². The monoisotopic (exact) mass is 244 g/mol. The van der Waals surface area contributed by atoms with Gasteiger partial charge in [-0.2, -0.15) is 0 Å². The van der Waals surface area contributed by atoms with Crippen LogP contribution in [-0.4, -0.2) is 17.4 Å². The van der Waals surface area contributed by atoms with Crippen LogP contribution in [0.4, 0.5) is 0 Å². The molecule has 0 bridgehead atoms. The van der Waals surface area contributed by atoms with Gasteiger partial charge in [0.2, 0.25) is 5.91 Å². The Bertz CT molecular complexity index is 528. The summed E-state index contributed by atoms with van der Waals surface area (Å²) >= 11 is 0. The van der Waals surface area contributed by atoms with Gasteiger partial charge in [0.15, 0.2) is 0 Å². The predicted molar refractivity (Wildman–Crippen MR) is 74.5 cm³/mol. The zero-order chi connectivity index (χ0) is 13.0. The molecule has 0 saturated carbocycles. The van der Waals surface area contributed by atoms with Gasteiger partial charge in [0.05, 0.1) is 0 Å². The maximum absolute atomic E-state index is 11.6. The summed E-state index contributed by atoms with van der Waals surface area (Å²) in [6, 6.07) is 8.34. The summed E-state index contributed by atoms with van der Waals surface area (Å²) in [5, 5.41) is 4.14. The number of carbonyl (C=O) groups excluding carboxylic acids is 1. The Kier molecular flexibility index (Phi) is 4.03. The van der Waals surface area contributed by atoms with Crippen LogP contribution < -0.4 is 5.32 Å². The maximum atomic E-state index is 11.6. The topological polar surface area (TPSA) is 44.9 Å². The molecule has 18 heavy (non-hydrogen) atoms. The number of amides is 1. The number of aromatic nitrogens is 1. The molecule has 0 atom stereocenters. The molecule has 0 aliphatic carbocycles. The van der Waals surface area contributed by atoms with Crippen LogP contribution in [0.15, 0.2) is 30.5 Å². The summed E-state index contributed by atoms with van der Waals surface area (Å²) < 4.78 is 0. The van der Waals surface area contributed by atoms with E-state index in [1.165, 1.54) is 10.9 Å². The Hall–Kier alpha value is -1.77. The lowest BCUT2D eigenvalue weighted by atomic mass is 10.1. The molecule has 1 heterocycles. The first-order valence-electron chi connectivity index (χ1n) is 6.48. The molecule has 0 aliphatic rings.